The molecule has 0 radical (unpaired) electrons. The lowest BCUT2D eigenvalue weighted by atomic mass is 10.5. The largest absolute Gasteiger partial charge is 0.377 e. The standard InChI is InChI=1S/C9H17N5O2S/c1-16-6-9-12-7(5-8(13-9)14-10)11-3-4-17(2)15/h5H,3-4,6,10H2,1-2H3,(H2,11,12,13,14). The van der Waals surface area contributed by atoms with Crippen LogP contribution in [0.2, 0.25) is 0 Å². The molecule has 1 aromatic heterocycles. The van der Waals surface area contributed by atoms with Crippen molar-refractivity contribution in [2.75, 3.05) is 36.4 Å². The Bertz CT molecular complexity index is 388. The molecule has 8 heteroatoms. The molecule has 7 nitrogen and oxygen atoms in total. The van der Waals surface area contributed by atoms with Gasteiger partial charge in [0.05, 0.1) is 0 Å². The Hall–Kier alpha value is -1.25. The fourth-order valence-electron chi connectivity index (χ4n) is 1.18. The van der Waals surface area contributed by atoms with Gasteiger partial charge in [-0.2, -0.15) is 0 Å². The molecule has 0 aliphatic carbocycles. The van der Waals surface area contributed by atoms with Gasteiger partial charge in [-0.3, -0.25) is 4.21 Å². The number of nitrogens with zero attached hydrogens (tertiary/aromatic N) is 2. The molecule has 1 heterocycles. The molecule has 1 unspecified atom stereocenters. The molecular weight excluding hydrogens is 242 g/mol. The van der Waals surface area contributed by atoms with Gasteiger partial charge in [0.15, 0.2) is 5.82 Å². The summed E-state index contributed by atoms with van der Waals surface area (Å²) in [6.45, 7) is 0.889. The highest BCUT2D eigenvalue weighted by molar-refractivity contribution is 7.84. The van der Waals surface area contributed by atoms with E-state index >= 15 is 0 Å². The van der Waals surface area contributed by atoms with Gasteiger partial charge in [0.25, 0.3) is 0 Å². The van der Waals surface area contributed by atoms with Crippen LogP contribution >= 0.6 is 0 Å². The molecule has 0 bridgehead atoms. The summed E-state index contributed by atoms with van der Waals surface area (Å²) >= 11 is 0. The van der Waals surface area contributed by atoms with E-state index in [1.165, 1.54) is 0 Å². The van der Waals surface area contributed by atoms with Crippen LogP contribution in [-0.4, -0.2) is 39.8 Å². The average Bonchev–Trinajstić information content (AvgIpc) is 2.28. The van der Waals surface area contributed by atoms with Crippen molar-refractivity contribution in [2.45, 2.75) is 6.61 Å². The topological polar surface area (TPSA) is 102 Å². The van der Waals surface area contributed by atoms with E-state index in [1.54, 1.807) is 19.4 Å². The Morgan fingerprint density at radius 2 is 2.18 bits per heavy atom. The number of nitrogens with one attached hydrogen (secondary N) is 2. The van der Waals surface area contributed by atoms with E-state index in [9.17, 15) is 4.21 Å². The average molecular weight is 259 g/mol. The van der Waals surface area contributed by atoms with E-state index in [2.05, 4.69) is 20.7 Å². The zero-order valence-electron chi connectivity index (χ0n) is 9.90. The van der Waals surface area contributed by atoms with Gasteiger partial charge in [-0.05, 0) is 0 Å². The first-order valence-corrected chi connectivity index (χ1v) is 6.76. The van der Waals surface area contributed by atoms with Crippen LogP contribution in [-0.2, 0) is 22.1 Å². The van der Waals surface area contributed by atoms with Gasteiger partial charge in [0, 0.05) is 42.5 Å². The molecule has 1 atom stereocenters. The molecule has 4 N–H and O–H groups in total. The fraction of sp³-hybridized carbons (Fsp3) is 0.556. The predicted molar refractivity (Wildman–Crippen MR) is 68.0 cm³/mol. The Morgan fingerprint density at radius 1 is 1.47 bits per heavy atom. The van der Waals surface area contributed by atoms with Crippen molar-refractivity contribution in [3.8, 4) is 0 Å². The van der Waals surface area contributed by atoms with Crippen molar-refractivity contribution >= 4 is 22.4 Å². The van der Waals surface area contributed by atoms with Crippen LogP contribution in [0.3, 0.4) is 0 Å². The lowest BCUT2D eigenvalue weighted by Gasteiger charge is -2.08. The second-order valence-corrected chi connectivity index (χ2v) is 4.89. The Kier molecular flexibility index (Phi) is 5.81. The third-order valence-corrected chi connectivity index (χ3v) is 2.67. The molecule has 0 aliphatic heterocycles. The van der Waals surface area contributed by atoms with E-state index < -0.39 is 10.8 Å². The normalized spacial score (nSPS) is 12.2. The predicted octanol–water partition coefficient (Wildman–Crippen LogP) is -0.301. The Morgan fingerprint density at radius 3 is 2.76 bits per heavy atom. The second-order valence-electron chi connectivity index (χ2n) is 3.34. The molecule has 0 aromatic carbocycles. The first-order chi connectivity index (χ1) is 8.15. The number of ether oxygens (including phenoxy) is 1. The first-order valence-electron chi connectivity index (χ1n) is 5.03. The summed E-state index contributed by atoms with van der Waals surface area (Å²) in [5.74, 6) is 7.53. The number of anilines is 2. The molecule has 17 heavy (non-hydrogen) atoms. The smallest absolute Gasteiger partial charge is 0.158 e. The van der Waals surface area contributed by atoms with Crippen molar-refractivity contribution in [1.29, 1.82) is 0 Å². The third kappa shape index (κ3) is 5.07. The van der Waals surface area contributed by atoms with Crippen molar-refractivity contribution in [2.24, 2.45) is 5.84 Å². The van der Waals surface area contributed by atoms with Crippen LogP contribution in [0.4, 0.5) is 11.6 Å². The lowest BCUT2D eigenvalue weighted by Crippen LogP contribution is -2.15. The monoisotopic (exact) mass is 259 g/mol. The van der Waals surface area contributed by atoms with Gasteiger partial charge in [-0.1, -0.05) is 0 Å². The highest BCUT2D eigenvalue weighted by Gasteiger charge is 2.03. The first kappa shape index (κ1) is 13.8. The molecule has 1 rings (SSSR count). The summed E-state index contributed by atoms with van der Waals surface area (Å²) in [5, 5.41) is 3.05. The molecule has 96 valence electrons. The Balaban J connectivity index is 2.69. The summed E-state index contributed by atoms with van der Waals surface area (Å²) in [6.07, 6.45) is 1.66. The second kappa shape index (κ2) is 7.15. The maximum absolute atomic E-state index is 10.9. The molecule has 0 fully saturated rings. The highest BCUT2D eigenvalue weighted by Crippen LogP contribution is 2.10. The number of hydrazine groups is 1. The summed E-state index contributed by atoms with van der Waals surface area (Å²) in [4.78, 5) is 8.34. The summed E-state index contributed by atoms with van der Waals surface area (Å²) < 4.78 is 15.9. The summed E-state index contributed by atoms with van der Waals surface area (Å²) in [7, 11) is 0.743. The van der Waals surface area contributed by atoms with Crippen LogP contribution in [0.25, 0.3) is 0 Å². The van der Waals surface area contributed by atoms with E-state index in [1.807, 2.05) is 0 Å². The molecule has 0 aliphatic rings. The number of nitrogens with two attached hydrogens (primary N) is 1. The summed E-state index contributed by atoms with van der Waals surface area (Å²) in [6, 6.07) is 1.68. The van der Waals surface area contributed by atoms with Crippen LogP contribution in [0.1, 0.15) is 5.82 Å². The Labute approximate surface area is 103 Å². The molecule has 0 spiro atoms. The number of rotatable bonds is 7. The summed E-state index contributed by atoms with van der Waals surface area (Å²) in [5.41, 5.74) is 2.46. The SMILES string of the molecule is COCc1nc(NN)cc(NCCS(C)=O)n1. The molecule has 0 amide bonds. The number of hydrogen-bond donors (Lipinski definition) is 3. The maximum atomic E-state index is 10.9. The van der Waals surface area contributed by atoms with E-state index in [4.69, 9.17) is 10.6 Å². The third-order valence-electron chi connectivity index (χ3n) is 1.89. The van der Waals surface area contributed by atoms with Crippen molar-refractivity contribution in [3.05, 3.63) is 11.9 Å². The maximum Gasteiger partial charge on any atom is 0.158 e. The minimum absolute atomic E-state index is 0.309. The van der Waals surface area contributed by atoms with Crippen LogP contribution in [0.15, 0.2) is 6.07 Å². The molecule has 0 saturated heterocycles. The van der Waals surface area contributed by atoms with Gasteiger partial charge >= 0.3 is 0 Å². The number of methoxy groups -OCH3 is 1. The minimum atomic E-state index is -0.826. The van der Waals surface area contributed by atoms with Gasteiger partial charge in [-0.15, -0.1) is 0 Å². The zero-order valence-corrected chi connectivity index (χ0v) is 10.7. The highest BCUT2D eigenvalue weighted by atomic mass is 32.2. The van der Waals surface area contributed by atoms with Gasteiger partial charge < -0.3 is 15.5 Å². The molecular formula is C9H17N5O2S. The lowest BCUT2D eigenvalue weighted by molar-refractivity contribution is 0.178. The van der Waals surface area contributed by atoms with Gasteiger partial charge in [-0.25, -0.2) is 15.8 Å². The molecule has 1 aromatic rings. The van der Waals surface area contributed by atoms with Crippen molar-refractivity contribution in [3.63, 3.8) is 0 Å². The van der Waals surface area contributed by atoms with E-state index in [0.29, 0.717) is 36.4 Å². The molecule has 0 saturated carbocycles. The number of hydrogen-bond acceptors (Lipinski definition) is 7. The van der Waals surface area contributed by atoms with Crippen molar-refractivity contribution in [1.82, 2.24) is 9.97 Å². The zero-order chi connectivity index (χ0) is 12.7. The van der Waals surface area contributed by atoms with E-state index in [0.717, 1.165) is 0 Å². The minimum Gasteiger partial charge on any atom is -0.377 e. The number of aromatic nitrogens is 2. The van der Waals surface area contributed by atoms with E-state index in [-0.39, 0.29) is 0 Å². The van der Waals surface area contributed by atoms with Gasteiger partial charge in [0.1, 0.15) is 18.2 Å². The van der Waals surface area contributed by atoms with Crippen LogP contribution < -0.4 is 16.6 Å². The quantitative estimate of drug-likeness (QED) is 0.456. The van der Waals surface area contributed by atoms with Crippen LogP contribution in [0.5, 0.6) is 0 Å². The van der Waals surface area contributed by atoms with Crippen LogP contribution in [0, 0.1) is 0 Å². The van der Waals surface area contributed by atoms with Gasteiger partial charge in [0.2, 0.25) is 0 Å². The fourth-order valence-corrected chi connectivity index (χ4v) is 1.57. The number of nitrogen functional groups attached to an aromatic ring is 1. The van der Waals surface area contributed by atoms with Crippen molar-refractivity contribution < 1.29 is 8.95 Å².